The molecule has 1 aliphatic carbocycles. The van der Waals surface area contributed by atoms with E-state index in [1.165, 1.54) is 0 Å². The average Bonchev–Trinajstić information content (AvgIpc) is 2.61. The van der Waals surface area contributed by atoms with Crippen molar-refractivity contribution in [1.29, 1.82) is 0 Å². The number of carbonyl (C=O) groups excluding carboxylic acids is 2. The van der Waals surface area contributed by atoms with Crippen molar-refractivity contribution in [2.75, 3.05) is 13.1 Å². The molecule has 3 aliphatic rings. The molecular formula is C20H26N2O3. The highest BCUT2D eigenvalue weighted by Crippen LogP contribution is 2.55. The van der Waals surface area contributed by atoms with Crippen LogP contribution < -0.4 is 10.1 Å². The van der Waals surface area contributed by atoms with Gasteiger partial charge in [0.15, 0.2) is 5.72 Å². The van der Waals surface area contributed by atoms with Gasteiger partial charge in [0.1, 0.15) is 11.7 Å². The van der Waals surface area contributed by atoms with E-state index in [1.54, 1.807) is 4.90 Å². The maximum atomic E-state index is 13.2. The molecule has 4 atom stereocenters. The number of carbonyl (C=O) groups is 2. The zero-order chi connectivity index (χ0) is 17.6. The first-order valence-electron chi connectivity index (χ1n) is 9.50. The van der Waals surface area contributed by atoms with Gasteiger partial charge >= 0.3 is 0 Å². The second-order valence-corrected chi connectivity index (χ2v) is 7.38. The first kappa shape index (κ1) is 16.4. The van der Waals surface area contributed by atoms with Crippen molar-refractivity contribution in [1.82, 2.24) is 10.2 Å². The molecule has 1 aromatic carbocycles. The minimum Gasteiger partial charge on any atom is -0.467 e. The van der Waals surface area contributed by atoms with Crippen LogP contribution in [0.3, 0.4) is 0 Å². The van der Waals surface area contributed by atoms with Gasteiger partial charge in [0.25, 0.3) is 0 Å². The van der Waals surface area contributed by atoms with Crippen LogP contribution in [-0.2, 0) is 9.59 Å². The van der Waals surface area contributed by atoms with Crippen LogP contribution in [0.15, 0.2) is 24.3 Å². The van der Waals surface area contributed by atoms with Gasteiger partial charge in [-0.25, -0.2) is 0 Å². The third-order valence-electron chi connectivity index (χ3n) is 6.23. The number of hydrogen-bond donors (Lipinski definition) is 1. The molecule has 1 saturated carbocycles. The molecule has 1 aromatic rings. The SMILES string of the molecule is CCN(CC)C(=O)C1C(=O)N[C@@]23CCCCC2C1c1ccccc1O3. The minimum atomic E-state index is -0.652. The Kier molecular flexibility index (Phi) is 3.97. The Hall–Kier alpha value is -2.04. The molecule has 2 aliphatic heterocycles. The van der Waals surface area contributed by atoms with Crippen molar-refractivity contribution in [3.63, 3.8) is 0 Å². The number of para-hydroxylation sites is 1. The van der Waals surface area contributed by atoms with E-state index >= 15 is 0 Å². The summed E-state index contributed by atoms with van der Waals surface area (Å²) in [6.07, 6.45) is 3.97. The summed E-state index contributed by atoms with van der Waals surface area (Å²) in [5.41, 5.74) is 0.388. The van der Waals surface area contributed by atoms with Gasteiger partial charge in [0.05, 0.1) is 0 Å². The molecule has 0 spiro atoms. The average molecular weight is 342 g/mol. The zero-order valence-corrected chi connectivity index (χ0v) is 15.0. The van der Waals surface area contributed by atoms with Gasteiger partial charge in [-0.05, 0) is 38.3 Å². The molecule has 3 unspecified atom stereocenters. The Balaban J connectivity index is 1.83. The lowest BCUT2D eigenvalue weighted by Gasteiger charge is -2.56. The van der Waals surface area contributed by atoms with E-state index in [-0.39, 0.29) is 23.7 Å². The monoisotopic (exact) mass is 342 g/mol. The predicted molar refractivity (Wildman–Crippen MR) is 94.1 cm³/mol. The Morgan fingerprint density at radius 2 is 2.04 bits per heavy atom. The summed E-state index contributed by atoms with van der Waals surface area (Å²) in [6, 6.07) is 7.92. The van der Waals surface area contributed by atoms with Crippen molar-refractivity contribution in [3.05, 3.63) is 29.8 Å². The van der Waals surface area contributed by atoms with Crippen molar-refractivity contribution in [2.45, 2.75) is 51.2 Å². The van der Waals surface area contributed by atoms with Crippen LogP contribution in [0.2, 0.25) is 0 Å². The Morgan fingerprint density at radius 1 is 1.28 bits per heavy atom. The lowest BCUT2D eigenvalue weighted by Crippen LogP contribution is -2.70. The molecule has 2 fully saturated rings. The van der Waals surface area contributed by atoms with Gasteiger partial charge < -0.3 is 15.0 Å². The van der Waals surface area contributed by atoms with Crippen molar-refractivity contribution >= 4 is 11.8 Å². The number of piperidine rings is 1. The molecule has 0 aromatic heterocycles. The largest absolute Gasteiger partial charge is 0.467 e. The quantitative estimate of drug-likeness (QED) is 0.859. The molecule has 2 bridgehead atoms. The first-order valence-corrected chi connectivity index (χ1v) is 9.50. The zero-order valence-electron chi connectivity index (χ0n) is 15.0. The van der Waals surface area contributed by atoms with E-state index in [2.05, 4.69) is 5.32 Å². The number of nitrogens with zero attached hydrogens (tertiary/aromatic N) is 1. The molecule has 2 heterocycles. The molecule has 0 radical (unpaired) electrons. The van der Waals surface area contributed by atoms with Crippen LogP contribution in [0.5, 0.6) is 5.75 Å². The fourth-order valence-electron chi connectivity index (χ4n) is 5.07. The molecular weight excluding hydrogens is 316 g/mol. The molecule has 5 nitrogen and oxygen atoms in total. The van der Waals surface area contributed by atoms with E-state index in [0.717, 1.165) is 37.0 Å². The Bertz CT molecular complexity index is 700. The third kappa shape index (κ3) is 2.35. The Labute approximate surface area is 148 Å². The highest BCUT2D eigenvalue weighted by molar-refractivity contribution is 6.02. The maximum absolute atomic E-state index is 13.2. The van der Waals surface area contributed by atoms with Crippen LogP contribution in [0, 0.1) is 11.8 Å². The molecule has 1 N–H and O–H groups in total. The summed E-state index contributed by atoms with van der Waals surface area (Å²) in [4.78, 5) is 28.0. The second-order valence-electron chi connectivity index (χ2n) is 7.38. The second kappa shape index (κ2) is 6.04. The molecule has 4 rings (SSSR count). The first-order chi connectivity index (χ1) is 12.1. The minimum absolute atomic E-state index is 0.0524. The molecule has 1 saturated heterocycles. The predicted octanol–water partition coefficient (Wildman–Crippen LogP) is 2.66. The fraction of sp³-hybridized carbons (Fsp3) is 0.600. The van der Waals surface area contributed by atoms with E-state index < -0.39 is 11.6 Å². The van der Waals surface area contributed by atoms with E-state index in [1.807, 2.05) is 38.1 Å². The lowest BCUT2D eigenvalue weighted by molar-refractivity contribution is -0.165. The Morgan fingerprint density at radius 3 is 2.80 bits per heavy atom. The summed E-state index contributed by atoms with van der Waals surface area (Å²) in [7, 11) is 0. The van der Waals surface area contributed by atoms with Crippen molar-refractivity contribution < 1.29 is 14.3 Å². The number of ether oxygens (including phenoxy) is 1. The molecule has 134 valence electrons. The normalized spacial score (nSPS) is 32.7. The van der Waals surface area contributed by atoms with Crippen LogP contribution in [0.4, 0.5) is 0 Å². The maximum Gasteiger partial charge on any atom is 0.236 e. The van der Waals surface area contributed by atoms with E-state index in [9.17, 15) is 9.59 Å². The number of rotatable bonds is 3. The summed E-state index contributed by atoms with van der Waals surface area (Å²) in [6.45, 7) is 5.18. The summed E-state index contributed by atoms with van der Waals surface area (Å²) >= 11 is 0. The lowest BCUT2D eigenvalue weighted by atomic mass is 9.62. The van der Waals surface area contributed by atoms with Crippen LogP contribution in [-0.4, -0.2) is 35.5 Å². The van der Waals surface area contributed by atoms with Crippen molar-refractivity contribution in [2.24, 2.45) is 11.8 Å². The fourth-order valence-corrected chi connectivity index (χ4v) is 5.07. The van der Waals surface area contributed by atoms with Gasteiger partial charge in [-0.3, -0.25) is 9.59 Å². The molecule has 25 heavy (non-hydrogen) atoms. The highest BCUT2D eigenvalue weighted by Gasteiger charge is 2.60. The third-order valence-corrected chi connectivity index (χ3v) is 6.23. The standard InChI is InChI=1S/C20H26N2O3/c1-3-22(4-2)19(24)17-16-13-9-5-6-11-15(13)25-20(21-18(17)23)12-8-7-10-14(16)20/h5-6,9,11,14,16-17H,3-4,7-8,10,12H2,1-2H3,(H,21,23)/t14?,16?,17?,20-/m1/s1. The molecule has 5 heteroatoms. The number of fused-ring (bicyclic) bond motifs is 2. The number of amides is 2. The van der Waals surface area contributed by atoms with Crippen LogP contribution >= 0.6 is 0 Å². The smallest absolute Gasteiger partial charge is 0.236 e. The van der Waals surface area contributed by atoms with Gasteiger partial charge in [-0.1, -0.05) is 24.6 Å². The van der Waals surface area contributed by atoms with E-state index in [0.29, 0.717) is 13.1 Å². The van der Waals surface area contributed by atoms with Crippen molar-refractivity contribution in [3.8, 4) is 5.75 Å². The number of nitrogens with one attached hydrogen (secondary N) is 1. The summed E-state index contributed by atoms with van der Waals surface area (Å²) in [5.74, 6) is 0.0209. The summed E-state index contributed by atoms with van der Waals surface area (Å²) in [5, 5.41) is 3.13. The van der Waals surface area contributed by atoms with Gasteiger partial charge in [0.2, 0.25) is 11.8 Å². The molecule has 2 amide bonds. The van der Waals surface area contributed by atoms with Crippen LogP contribution in [0.25, 0.3) is 0 Å². The van der Waals surface area contributed by atoms with Crippen LogP contribution in [0.1, 0.15) is 51.0 Å². The van der Waals surface area contributed by atoms with Gasteiger partial charge in [-0.15, -0.1) is 0 Å². The topological polar surface area (TPSA) is 58.6 Å². The van der Waals surface area contributed by atoms with Gasteiger partial charge in [-0.2, -0.15) is 0 Å². The number of hydrogen-bond acceptors (Lipinski definition) is 3. The highest BCUT2D eigenvalue weighted by atomic mass is 16.5. The van der Waals surface area contributed by atoms with Gasteiger partial charge in [0, 0.05) is 31.3 Å². The number of benzene rings is 1. The summed E-state index contributed by atoms with van der Waals surface area (Å²) < 4.78 is 6.35. The van der Waals surface area contributed by atoms with E-state index in [4.69, 9.17) is 4.74 Å².